The Hall–Kier alpha value is -2.79. The third-order valence-corrected chi connectivity index (χ3v) is 7.99. The van der Waals surface area contributed by atoms with Gasteiger partial charge in [-0.25, -0.2) is 4.98 Å². The number of carbonyl (C=O) groups is 3. The molecule has 10 heteroatoms. The molecule has 0 unspecified atom stereocenters. The van der Waals surface area contributed by atoms with Crippen molar-refractivity contribution < 1.29 is 19.1 Å². The number of fused-ring (bicyclic) bond motifs is 1. The minimum absolute atomic E-state index is 0.159. The maximum Gasteiger partial charge on any atom is 0.260 e. The number of thiazole rings is 1. The van der Waals surface area contributed by atoms with E-state index in [-0.39, 0.29) is 30.6 Å². The van der Waals surface area contributed by atoms with Crippen LogP contribution in [0.2, 0.25) is 0 Å². The van der Waals surface area contributed by atoms with E-state index in [0.717, 1.165) is 34.7 Å². The minimum Gasteiger partial charge on any atom is -0.379 e. The Bertz CT molecular complexity index is 1240. The number of rotatable bonds is 7. The van der Waals surface area contributed by atoms with E-state index in [1.807, 2.05) is 18.4 Å². The maximum absolute atomic E-state index is 13.7. The monoisotopic (exact) mass is 510 g/mol. The summed E-state index contributed by atoms with van der Waals surface area (Å²) in [4.78, 5) is 49.0. The first kappa shape index (κ1) is 23.9. The van der Waals surface area contributed by atoms with Gasteiger partial charge in [0.1, 0.15) is 0 Å². The lowest BCUT2D eigenvalue weighted by atomic mass is 10.1. The molecule has 2 saturated heterocycles. The van der Waals surface area contributed by atoms with Crippen LogP contribution in [0.5, 0.6) is 0 Å². The van der Waals surface area contributed by atoms with Crippen molar-refractivity contribution in [3.05, 3.63) is 48.0 Å². The number of aromatic nitrogens is 1. The van der Waals surface area contributed by atoms with Crippen molar-refractivity contribution >= 4 is 61.9 Å². The number of anilines is 2. The summed E-state index contributed by atoms with van der Waals surface area (Å²) >= 11 is 3.18. The van der Waals surface area contributed by atoms with Crippen LogP contribution >= 0.6 is 23.1 Å². The Morgan fingerprint density at radius 3 is 2.49 bits per heavy atom. The molecular weight excluding hydrogens is 484 g/mol. The molecule has 35 heavy (non-hydrogen) atoms. The molecule has 3 amide bonds. The average molecular weight is 511 g/mol. The summed E-state index contributed by atoms with van der Waals surface area (Å²) in [5.74, 6) is -0.575. The molecule has 2 aromatic carbocycles. The quantitative estimate of drug-likeness (QED) is 0.354. The molecule has 0 spiro atoms. The molecule has 182 valence electrons. The zero-order chi connectivity index (χ0) is 24.4. The van der Waals surface area contributed by atoms with Crippen molar-refractivity contribution in [3.63, 3.8) is 0 Å². The molecule has 0 N–H and O–H groups in total. The highest BCUT2D eigenvalue weighted by atomic mass is 32.2. The van der Waals surface area contributed by atoms with E-state index < -0.39 is 0 Å². The number of hydrogen-bond donors (Lipinski definition) is 0. The summed E-state index contributed by atoms with van der Waals surface area (Å²) in [5.41, 5.74) is 1.85. The fraction of sp³-hybridized carbons (Fsp3) is 0.360. The van der Waals surface area contributed by atoms with Gasteiger partial charge in [0.15, 0.2) is 5.13 Å². The van der Waals surface area contributed by atoms with Crippen LogP contribution in [0.4, 0.5) is 10.8 Å². The number of ether oxygens (including phenoxy) is 1. The van der Waals surface area contributed by atoms with E-state index in [2.05, 4.69) is 11.0 Å². The van der Waals surface area contributed by atoms with Crippen LogP contribution < -0.4 is 9.80 Å². The number of amides is 3. The predicted molar refractivity (Wildman–Crippen MR) is 139 cm³/mol. The first-order chi connectivity index (χ1) is 17.0. The Labute approximate surface area is 211 Å². The van der Waals surface area contributed by atoms with Crippen LogP contribution in [-0.2, 0) is 14.3 Å². The van der Waals surface area contributed by atoms with Crippen LogP contribution in [0.3, 0.4) is 0 Å². The molecule has 8 nitrogen and oxygen atoms in total. The average Bonchev–Trinajstić information content (AvgIpc) is 3.46. The van der Waals surface area contributed by atoms with Gasteiger partial charge in [-0.05, 0) is 48.7 Å². The van der Waals surface area contributed by atoms with Gasteiger partial charge in [-0.3, -0.25) is 29.1 Å². The van der Waals surface area contributed by atoms with Gasteiger partial charge in [-0.2, -0.15) is 0 Å². The number of thioether (sulfide) groups is 1. The highest BCUT2D eigenvalue weighted by Gasteiger charge is 2.30. The summed E-state index contributed by atoms with van der Waals surface area (Å²) in [6, 6.07) is 12.8. The fourth-order valence-electron chi connectivity index (χ4n) is 4.26. The van der Waals surface area contributed by atoms with Gasteiger partial charge in [0, 0.05) is 49.5 Å². The molecule has 0 radical (unpaired) electrons. The molecule has 2 aliphatic rings. The van der Waals surface area contributed by atoms with Crippen molar-refractivity contribution in [1.82, 2.24) is 9.88 Å². The van der Waals surface area contributed by atoms with Gasteiger partial charge in [-0.1, -0.05) is 11.3 Å². The minimum atomic E-state index is -0.208. The molecule has 0 aliphatic carbocycles. The van der Waals surface area contributed by atoms with Crippen LogP contribution in [0.15, 0.2) is 47.4 Å². The van der Waals surface area contributed by atoms with Crippen LogP contribution in [0.1, 0.15) is 23.2 Å². The smallest absolute Gasteiger partial charge is 0.260 e. The fourth-order valence-corrected chi connectivity index (χ4v) is 5.80. The number of nitrogens with zero attached hydrogens (tertiary/aromatic N) is 4. The normalized spacial score (nSPS) is 16.9. The van der Waals surface area contributed by atoms with Crippen molar-refractivity contribution in [2.45, 2.75) is 17.7 Å². The first-order valence-electron chi connectivity index (χ1n) is 11.6. The van der Waals surface area contributed by atoms with E-state index in [9.17, 15) is 14.4 Å². The highest BCUT2D eigenvalue weighted by molar-refractivity contribution is 7.98. The van der Waals surface area contributed by atoms with Crippen LogP contribution in [0, 0.1) is 0 Å². The molecule has 3 heterocycles. The largest absolute Gasteiger partial charge is 0.379 e. The standard InChI is InChI=1S/C25H26N4O4S2/c1-34-19-6-7-20-21(16-19)35-25(26-20)28(11-10-27-12-14-33-15-13-27)24(32)17-2-4-18(5-3-17)29-22(30)8-9-23(29)31/h2-7,16H,8-15H2,1H3. The van der Waals surface area contributed by atoms with E-state index in [1.54, 1.807) is 40.9 Å². The zero-order valence-corrected chi connectivity index (χ0v) is 21.1. The van der Waals surface area contributed by atoms with Gasteiger partial charge >= 0.3 is 0 Å². The number of imide groups is 1. The van der Waals surface area contributed by atoms with E-state index in [4.69, 9.17) is 9.72 Å². The molecule has 5 rings (SSSR count). The predicted octanol–water partition coefficient (Wildman–Crippen LogP) is 3.65. The zero-order valence-electron chi connectivity index (χ0n) is 19.4. The van der Waals surface area contributed by atoms with Crippen LogP contribution in [0.25, 0.3) is 10.2 Å². The third kappa shape index (κ3) is 5.11. The van der Waals surface area contributed by atoms with Gasteiger partial charge in [0.05, 0.1) is 29.1 Å². The van der Waals surface area contributed by atoms with E-state index in [0.29, 0.717) is 36.1 Å². The number of morpholine rings is 1. The van der Waals surface area contributed by atoms with E-state index in [1.165, 1.54) is 16.2 Å². The van der Waals surface area contributed by atoms with Gasteiger partial charge in [0.2, 0.25) is 11.8 Å². The Kier molecular flexibility index (Phi) is 7.14. The van der Waals surface area contributed by atoms with Crippen LogP contribution in [-0.4, -0.2) is 73.3 Å². The highest BCUT2D eigenvalue weighted by Crippen LogP contribution is 2.32. The molecule has 1 aromatic heterocycles. The summed E-state index contributed by atoms with van der Waals surface area (Å²) in [6.07, 6.45) is 2.49. The van der Waals surface area contributed by atoms with Gasteiger partial charge in [-0.15, -0.1) is 11.8 Å². The second-order valence-corrected chi connectivity index (χ2v) is 10.3. The molecule has 2 fully saturated rings. The SMILES string of the molecule is CSc1ccc2nc(N(CCN3CCOCC3)C(=O)c3ccc(N4C(=O)CCC4=O)cc3)sc2c1. The molecule has 0 bridgehead atoms. The Morgan fingerprint density at radius 1 is 1.09 bits per heavy atom. The third-order valence-electron chi connectivity index (χ3n) is 6.23. The van der Waals surface area contributed by atoms with E-state index >= 15 is 0 Å². The summed E-state index contributed by atoms with van der Waals surface area (Å²) in [5, 5.41) is 0.658. The lowest BCUT2D eigenvalue weighted by molar-refractivity contribution is -0.121. The topological polar surface area (TPSA) is 83.1 Å². The lowest BCUT2D eigenvalue weighted by Crippen LogP contribution is -2.43. The molecule has 0 saturated carbocycles. The lowest BCUT2D eigenvalue weighted by Gasteiger charge is -2.29. The van der Waals surface area contributed by atoms with Gasteiger partial charge < -0.3 is 4.74 Å². The molecule has 0 atom stereocenters. The Morgan fingerprint density at radius 2 is 1.80 bits per heavy atom. The number of benzene rings is 2. The van der Waals surface area contributed by atoms with Crippen molar-refractivity contribution in [1.29, 1.82) is 0 Å². The maximum atomic E-state index is 13.7. The van der Waals surface area contributed by atoms with Crippen molar-refractivity contribution in [2.24, 2.45) is 0 Å². The summed E-state index contributed by atoms with van der Waals surface area (Å²) in [6.45, 7) is 4.29. The summed E-state index contributed by atoms with van der Waals surface area (Å²) < 4.78 is 6.49. The van der Waals surface area contributed by atoms with Crippen molar-refractivity contribution in [2.75, 3.05) is 55.4 Å². The number of hydrogen-bond acceptors (Lipinski definition) is 8. The molecule has 3 aromatic rings. The number of carbonyl (C=O) groups excluding carboxylic acids is 3. The summed E-state index contributed by atoms with van der Waals surface area (Å²) in [7, 11) is 0. The molecular formula is C25H26N4O4S2. The second kappa shape index (κ2) is 10.4. The van der Waals surface area contributed by atoms with Gasteiger partial charge in [0.25, 0.3) is 5.91 Å². The Balaban J connectivity index is 1.42. The molecule has 2 aliphatic heterocycles. The first-order valence-corrected chi connectivity index (χ1v) is 13.6. The van der Waals surface area contributed by atoms with Crippen molar-refractivity contribution in [3.8, 4) is 0 Å². The second-order valence-electron chi connectivity index (χ2n) is 8.41.